The first-order chi connectivity index (χ1) is 5.55. The lowest BCUT2D eigenvalue weighted by Gasteiger charge is -2.16. The Labute approximate surface area is 78.3 Å². The van der Waals surface area contributed by atoms with E-state index in [1.807, 2.05) is 6.92 Å². The summed E-state index contributed by atoms with van der Waals surface area (Å²) in [7, 11) is 1.80. The van der Waals surface area contributed by atoms with Crippen LogP contribution in [0.2, 0.25) is 0 Å². The van der Waals surface area contributed by atoms with Crippen LogP contribution in [-0.2, 0) is 9.24 Å². The summed E-state index contributed by atoms with van der Waals surface area (Å²) in [5, 5.41) is 0. The van der Waals surface area contributed by atoms with E-state index in [-0.39, 0.29) is 6.04 Å². The fraction of sp³-hybridized carbons (Fsp3) is 1.00. The van der Waals surface area contributed by atoms with E-state index in [1.54, 1.807) is 0 Å². The number of hydrogen-bond donors (Lipinski definition) is 0. The van der Waals surface area contributed by atoms with Gasteiger partial charge in [-0.15, -0.1) is 0 Å². The zero-order valence-corrected chi connectivity index (χ0v) is 8.74. The van der Waals surface area contributed by atoms with Gasteiger partial charge in [-0.05, 0) is 19.3 Å². The zero-order valence-electron chi connectivity index (χ0n) is 7.16. The van der Waals surface area contributed by atoms with Gasteiger partial charge in [0.25, 0.3) is 9.24 Å². The largest absolute Gasteiger partial charge is 0.300 e. The average Bonchev–Trinajstić information content (AvgIpc) is 2.69. The molecular weight excluding hydrogens is 198 g/mol. The van der Waals surface area contributed by atoms with Crippen LogP contribution in [0.3, 0.4) is 0 Å². The second-order valence-corrected chi connectivity index (χ2v) is 5.60. The van der Waals surface area contributed by atoms with Crippen molar-refractivity contribution in [1.82, 2.24) is 4.31 Å². The molecule has 3 nitrogen and oxygen atoms in total. The van der Waals surface area contributed by atoms with Crippen molar-refractivity contribution in [2.45, 2.75) is 38.6 Å². The molecule has 0 aromatic carbocycles. The number of rotatable bonds is 5. The maximum atomic E-state index is 11.0. The van der Waals surface area contributed by atoms with Gasteiger partial charge in [-0.1, -0.05) is 13.3 Å². The molecule has 1 aliphatic carbocycles. The molecule has 0 saturated heterocycles. The molecule has 1 fully saturated rings. The second kappa shape index (κ2) is 3.94. The second-order valence-electron chi connectivity index (χ2n) is 3.14. The van der Waals surface area contributed by atoms with Gasteiger partial charge >= 0.3 is 0 Å². The minimum atomic E-state index is -3.47. The molecule has 1 rings (SSSR count). The molecule has 0 aromatic heterocycles. The molecule has 0 N–H and O–H groups in total. The van der Waals surface area contributed by atoms with Crippen molar-refractivity contribution in [3.8, 4) is 0 Å². The van der Waals surface area contributed by atoms with E-state index in [1.165, 1.54) is 4.31 Å². The lowest BCUT2D eigenvalue weighted by Crippen LogP contribution is -2.30. The molecule has 0 aromatic rings. The van der Waals surface area contributed by atoms with Gasteiger partial charge in [0.05, 0.1) is 0 Å². The number of hydrogen-bond acceptors (Lipinski definition) is 2. The summed E-state index contributed by atoms with van der Waals surface area (Å²) in [6, 6.07) is 0.194. The van der Waals surface area contributed by atoms with Crippen LogP contribution < -0.4 is 0 Å². The summed E-state index contributed by atoms with van der Waals surface area (Å²) < 4.78 is 23.4. The van der Waals surface area contributed by atoms with E-state index < -0.39 is 9.24 Å². The highest BCUT2D eigenvalue weighted by molar-refractivity contribution is 8.11. The highest BCUT2D eigenvalue weighted by Crippen LogP contribution is 2.30. The van der Waals surface area contributed by atoms with E-state index in [0.717, 1.165) is 25.7 Å². The third-order valence-electron chi connectivity index (χ3n) is 1.97. The quantitative estimate of drug-likeness (QED) is 0.650. The molecule has 72 valence electrons. The van der Waals surface area contributed by atoms with Crippen molar-refractivity contribution < 1.29 is 8.42 Å². The Bertz CT molecular complexity index is 236. The summed E-state index contributed by atoms with van der Waals surface area (Å²) in [6.45, 7) is 2.61. The molecule has 1 saturated carbocycles. The van der Waals surface area contributed by atoms with Gasteiger partial charge in [-0.3, -0.25) is 0 Å². The van der Waals surface area contributed by atoms with Crippen molar-refractivity contribution >= 4 is 19.9 Å². The van der Waals surface area contributed by atoms with E-state index in [4.69, 9.17) is 10.7 Å². The van der Waals surface area contributed by atoms with Gasteiger partial charge in [0.1, 0.15) is 0 Å². The molecule has 0 atom stereocenters. The third-order valence-corrected chi connectivity index (χ3v) is 3.54. The first kappa shape index (κ1) is 10.3. The molecular formula is C7H14ClNO2S. The predicted octanol–water partition coefficient (Wildman–Crippen LogP) is 1.73. The average molecular weight is 212 g/mol. The van der Waals surface area contributed by atoms with E-state index in [2.05, 4.69) is 0 Å². The summed E-state index contributed by atoms with van der Waals surface area (Å²) >= 11 is 0. The smallest absolute Gasteiger partial charge is 0.195 e. The SMILES string of the molecule is CCCCN(C1CC1)S(=O)(=O)Cl. The summed E-state index contributed by atoms with van der Waals surface area (Å²) in [4.78, 5) is 0. The van der Waals surface area contributed by atoms with Gasteiger partial charge in [0, 0.05) is 23.3 Å². The molecule has 5 heteroatoms. The highest BCUT2D eigenvalue weighted by atomic mass is 35.7. The predicted molar refractivity (Wildman–Crippen MR) is 49.4 cm³/mol. The molecule has 12 heavy (non-hydrogen) atoms. The van der Waals surface area contributed by atoms with E-state index >= 15 is 0 Å². The van der Waals surface area contributed by atoms with Crippen LogP contribution in [0.15, 0.2) is 0 Å². The van der Waals surface area contributed by atoms with Crippen LogP contribution in [0.4, 0.5) is 0 Å². The lowest BCUT2D eigenvalue weighted by atomic mass is 10.3. The normalized spacial score (nSPS) is 18.6. The standard InChI is InChI=1S/C7H14ClNO2S/c1-2-3-6-9(7-4-5-7)12(8,10)11/h7H,2-6H2,1H3. The Hall–Kier alpha value is 0.200. The Morgan fingerprint density at radius 3 is 2.42 bits per heavy atom. The summed E-state index contributed by atoms with van der Waals surface area (Å²) in [5.41, 5.74) is 0. The Morgan fingerprint density at radius 1 is 1.50 bits per heavy atom. The van der Waals surface area contributed by atoms with Gasteiger partial charge in [0.2, 0.25) is 0 Å². The first-order valence-electron chi connectivity index (χ1n) is 4.27. The lowest BCUT2D eigenvalue weighted by molar-refractivity contribution is 0.405. The molecule has 0 spiro atoms. The molecule has 0 heterocycles. The monoisotopic (exact) mass is 211 g/mol. The van der Waals surface area contributed by atoms with Crippen molar-refractivity contribution in [3.05, 3.63) is 0 Å². The summed E-state index contributed by atoms with van der Waals surface area (Å²) in [6.07, 6.45) is 3.82. The van der Waals surface area contributed by atoms with Crippen molar-refractivity contribution in [3.63, 3.8) is 0 Å². The minimum Gasteiger partial charge on any atom is -0.195 e. The van der Waals surface area contributed by atoms with Crippen LogP contribution >= 0.6 is 10.7 Å². The number of unbranched alkanes of at least 4 members (excludes halogenated alkanes) is 1. The van der Waals surface area contributed by atoms with Crippen LogP contribution in [-0.4, -0.2) is 25.3 Å². The molecule has 0 amide bonds. The van der Waals surface area contributed by atoms with Gasteiger partial charge in [-0.25, -0.2) is 0 Å². The Kier molecular flexibility index (Phi) is 3.37. The van der Waals surface area contributed by atoms with Crippen molar-refractivity contribution in [2.24, 2.45) is 0 Å². The van der Waals surface area contributed by atoms with Crippen molar-refractivity contribution in [2.75, 3.05) is 6.54 Å². The van der Waals surface area contributed by atoms with E-state index in [0.29, 0.717) is 6.54 Å². The van der Waals surface area contributed by atoms with Gasteiger partial charge < -0.3 is 0 Å². The van der Waals surface area contributed by atoms with Crippen molar-refractivity contribution in [1.29, 1.82) is 0 Å². The molecule has 0 aliphatic heterocycles. The molecule has 0 bridgehead atoms. The highest BCUT2D eigenvalue weighted by Gasteiger charge is 2.35. The Balaban J connectivity index is 2.49. The fourth-order valence-electron chi connectivity index (χ4n) is 1.15. The third kappa shape index (κ3) is 2.92. The maximum absolute atomic E-state index is 11.0. The number of nitrogens with zero attached hydrogens (tertiary/aromatic N) is 1. The van der Waals surface area contributed by atoms with Gasteiger partial charge in [0.15, 0.2) is 0 Å². The Morgan fingerprint density at radius 2 is 2.08 bits per heavy atom. The topological polar surface area (TPSA) is 37.4 Å². The first-order valence-corrected chi connectivity index (χ1v) is 6.53. The van der Waals surface area contributed by atoms with Crippen LogP contribution in [0, 0.1) is 0 Å². The van der Waals surface area contributed by atoms with Crippen LogP contribution in [0.1, 0.15) is 32.6 Å². The molecule has 0 radical (unpaired) electrons. The molecule has 1 aliphatic rings. The van der Waals surface area contributed by atoms with Crippen LogP contribution in [0.5, 0.6) is 0 Å². The fourth-order valence-corrected chi connectivity index (χ4v) is 2.61. The van der Waals surface area contributed by atoms with E-state index in [9.17, 15) is 8.42 Å². The number of halogens is 1. The van der Waals surface area contributed by atoms with Gasteiger partial charge in [-0.2, -0.15) is 12.7 Å². The van der Waals surface area contributed by atoms with Crippen LogP contribution in [0.25, 0.3) is 0 Å². The minimum absolute atomic E-state index is 0.194. The summed E-state index contributed by atoms with van der Waals surface area (Å²) in [5.74, 6) is 0. The maximum Gasteiger partial charge on any atom is 0.300 e. The zero-order chi connectivity index (χ0) is 9.19. The molecule has 0 unspecified atom stereocenters.